The van der Waals surface area contributed by atoms with Gasteiger partial charge >= 0.3 is 46.0 Å². The first-order valence-corrected chi connectivity index (χ1v) is 2.81. The molecular weight excluding hydrogens is 189 g/mol. The summed E-state index contributed by atoms with van der Waals surface area (Å²) < 4.78 is 33.1. The molecule has 0 spiro atoms. The van der Waals surface area contributed by atoms with Crippen molar-refractivity contribution in [3.63, 3.8) is 0 Å². The van der Waals surface area contributed by atoms with Crippen LogP contribution in [0.3, 0.4) is 0 Å². The molecule has 0 saturated heterocycles. The molecule has 0 aliphatic rings. The molecule has 48 valence electrons. The van der Waals surface area contributed by atoms with E-state index >= 15 is 0 Å². The first-order valence-electron chi connectivity index (χ1n) is 0.683. The van der Waals surface area contributed by atoms with Crippen molar-refractivity contribution in [2.24, 2.45) is 0 Å². The Morgan fingerprint density at radius 1 is 1.43 bits per heavy atom. The molecule has 0 saturated carbocycles. The molecule has 3 N–H and O–H groups in total. The molecule has 0 atom stereocenters. The molecule has 0 aromatic rings. The van der Waals surface area contributed by atoms with Gasteiger partial charge in [-0.3, -0.25) is 0 Å². The predicted molar refractivity (Wildman–Crippen MR) is 8.88 cm³/mol. The Hall–Kier alpha value is 0.506. The van der Waals surface area contributed by atoms with E-state index in [0.717, 1.165) is 0 Å². The Labute approximate surface area is 52.6 Å². The molecular formula is H3CrNNiO4. The van der Waals surface area contributed by atoms with Gasteiger partial charge in [0.05, 0.1) is 0 Å². The van der Waals surface area contributed by atoms with Crippen molar-refractivity contribution < 1.29 is 46.0 Å². The van der Waals surface area contributed by atoms with Gasteiger partial charge in [0.15, 0.2) is 0 Å². The minimum absolute atomic E-state index is 0. The van der Waals surface area contributed by atoms with Crippen LogP contribution in [0.15, 0.2) is 0 Å². The quantitative estimate of drug-likeness (QED) is 0.481. The van der Waals surface area contributed by atoms with E-state index in [1.165, 1.54) is 0 Å². The number of hydrogen-bond donors (Lipinski definition) is 1. The summed E-state index contributed by atoms with van der Waals surface area (Å²) in [5, 5.41) is 0. The summed E-state index contributed by atoms with van der Waals surface area (Å²) in [6, 6.07) is 0. The van der Waals surface area contributed by atoms with Crippen LogP contribution in [-0.4, -0.2) is 4.16 Å². The van der Waals surface area contributed by atoms with Gasteiger partial charge in [0.25, 0.3) is 0 Å². The van der Waals surface area contributed by atoms with Gasteiger partial charge in [-0.05, 0) is 0 Å². The Morgan fingerprint density at radius 2 is 1.43 bits per heavy atom. The van der Waals surface area contributed by atoms with Crippen molar-refractivity contribution in [1.82, 2.24) is 0 Å². The van der Waals surface area contributed by atoms with Crippen molar-refractivity contribution in [2.75, 3.05) is 0 Å². The second-order valence-corrected chi connectivity index (χ2v) is 1.76. The second-order valence-electron chi connectivity index (χ2n) is 0.428. The van der Waals surface area contributed by atoms with E-state index in [1.807, 2.05) is 0 Å². The van der Waals surface area contributed by atoms with E-state index in [4.69, 9.17) is 15.9 Å². The Bertz CT molecular complexity index is 94.9. The Kier molecular flexibility index (Phi) is 10.4. The maximum atomic E-state index is 8.70. The fraction of sp³-hybridized carbons (Fsp3) is 0. The predicted octanol–water partition coefficient (Wildman–Crippen LogP) is -1.27. The average molecular weight is 192 g/mol. The maximum absolute atomic E-state index is 8.70. The molecule has 5 nitrogen and oxygen atoms in total. The van der Waals surface area contributed by atoms with Gasteiger partial charge in [-0.25, -0.2) is 0 Å². The van der Waals surface area contributed by atoms with E-state index in [9.17, 15) is 0 Å². The first-order chi connectivity index (χ1) is 2.00. The molecule has 0 aromatic carbocycles. The first kappa shape index (κ1) is 15.6. The third-order valence-electron chi connectivity index (χ3n) is 0. The third-order valence-corrected chi connectivity index (χ3v) is 0. The van der Waals surface area contributed by atoms with E-state index in [0.29, 0.717) is 0 Å². The summed E-state index contributed by atoms with van der Waals surface area (Å²) in [5.41, 5.74) is 0. The van der Waals surface area contributed by atoms with Crippen LogP contribution in [0.2, 0.25) is 0 Å². The van der Waals surface area contributed by atoms with Gasteiger partial charge < -0.3 is 6.15 Å². The van der Waals surface area contributed by atoms with Crippen molar-refractivity contribution in [3.8, 4) is 0 Å². The van der Waals surface area contributed by atoms with Crippen LogP contribution in [0.25, 0.3) is 6.15 Å². The average Bonchev–Trinajstić information content (AvgIpc) is 0.722. The SMILES string of the molecule is [NH2-].[Ni+2].[O]=[Cr](=[O])([O-])[OH]. The van der Waals surface area contributed by atoms with Crippen LogP contribution >= 0.6 is 0 Å². The normalized spacial score (nSPS) is 8.29. The fourth-order valence-corrected chi connectivity index (χ4v) is 0. The molecule has 0 amide bonds. The fourth-order valence-electron chi connectivity index (χ4n) is 0. The zero-order valence-electron chi connectivity index (χ0n) is 2.97. The Morgan fingerprint density at radius 3 is 1.43 bits per heavy atom. The molecule has 0 aliphatic carbocycles. The van der Waals surface area contributed by atoms with E-state index in [-0.39, 0.29) is 22.6 Å². The molecule has 0 radical (unpaired) electrons. The van der Waals surface area contributed by atoms with Gasteiger partial charge in [0.2, 0.25) is 0 Å². The minimum atomic E-state index is -5.50. The summed E-state index contributed by atoms with van der Waals surface area (Å²) in [6.07, 6.45) is 0. The van der Waals surface area contributed by atoms with E-state index < -0.39 is 13.6 Å². The van der Waals surface area contributed by atoms with Crippen LogP contribution < -0.4 is 4.16 Å². The summed E-state index contributed by atoms with van der Waals surface area (Å²) in [7, 11) is 0. The van der Waals surface area contributed by atoms with E-state index in [1.54, 1.807) is 0 Å². The molecule has 0 aromatic heterocycles. The van der Waals surface area contributed by atoms with Gasteiger partial charge in [-0.2, -0.15) is 0 Å². The van der Waals surface area contributed by atoms with Crippen LogP contribution in [0.4, 0.5) is 0 Å². The number of nitrogens with two attached hydrogens (primary N) is 1. The van der Waals surface area contributed by atoms with Crippen molar-refractivity contribution in [1.29, 1.82) is 0 Å². The van der Waals surface area contributed by atoms with E-state index in [2.05, 4.69) is 0 Å². The van der Waals surface area contributed by atoms with Crippen LogP contribution in [0.5, 0.6) is 0 Å². The molecule has 0 rings (SSSR count). The third kappa shape index (κ3) is 516. The molecule has 0 heterocycles. The molecule has 7 heavy (non-hydrogen) atoms. The molecule has 0 fully saturated rings. The van der Waals surface area contributed by atoms with Gasteiger partial charge in [-0.1, -0.05) is 0 Å². The topological polar surface area (TPSA) is 111 Å². The standard InChI is InChI=1S/Cr.H2N.Ni.H2O.3O/h;1H2;;1H2;;;/q+1;-1;+2;;;;-1/p-1. The molecule has 7 heteroatoms. The zero-order chi connectivity index (χ0) is 4.50. The van der Waals surface area contributed by atoms with Gasteiger partial charge in [-0.15, -0.1) is 0 Å². The van der Waals surface area contributed by atoms with Gasteiger partial charge in [0.1, 0.15) is 0 Å². The monoisotopic (exact) mass is 191 g/mol. The van der Waals surface area contributed by atoms with Crippen LogP contribution in [0.1, 0.15) is 0 Å². The van der Waals surface area contributed by atoms with Crippen molar-refractivity contribution in [2.45, 2.75) is 0 Å². The summed E-state index contributed by atoms with van der Waals surface area (Å²) in [5.74, 6) is 0. The second kappa shape index (κ2) is 4.66. The summed E-state index contributed by atoms with van der Waals surface area (Å²) in [4.78, 5) is 0. The van der Waals surface area contributed by atoms with Crippen LogP contribution in [-0.2, 0) is 37.7 Å². The number of rotatable bonds is 0. The summed E-state index contributed by atoms with van der Waals surface area (Å²) in [6.45, 7) is 0. The number of hydrogen-bond acceptors (Lipinski definition) is 3. The molecule has 0 unspecified atom stereocenters. The van der Waals surface area contributed by atoms with Crippen molar-refractivity contribution in [3.05, 3.63) is 6.15 Å². The molecule has 0 bridgehead atoms. The summed E-state index contributed by atoms with van der Waals surface area (Å²) >= 11 is -5.50. The van der Waals surface area contributed by atoms with Crippen molar-refractivity contribution >= 4 is 0 Å². The molecule has 0 aliphatic heterocycles. The van der Waals surface area contributed by atoms with Crippen LogP contribution in [0, 0.1) is 0 Å². The Balaban J connectivity index is -0.0000000800. The van der Waals surface area contributed by atoms with Gasteiger partial charge in [0, 0.05) is 0 Å². The zero-order valence-corrected chi connectivity index (χ0v) is 5.24.